The number of esters is 1. The van der Waals surface area contributed by atoms with Crippen molar-refractivity contribution in [3.05, 3.63) is 0 Å². The maximum absolute atomic E-state index is 11.7. The summed E-state index contributed by atoms with van der Waals surface area (Å²) in [5, 5.41) is 13.8. The first kappa shape index (κ1) is 26.5. The highest BCUT2D eigenvalue weighted by Gasteiger charge is 2.20. The highest BCUT2D eigenvalue weighted by molar-refractivity contribution is 5.90. The van der Waals surface area contributed by atoms with Gasteiger partial charge in [-0.2, -0.15) is 0 Å². The maximum atomic E-state index is 11.7. The van der Waals surface area contributed by atoms with Crippen LogP contribution in [-0.4, -0.2) is 59.6 Å². The summed E-state index contributed by atoms with van der Waals surface area (Å²) in [6.45, 7) is 10.9. The van der Waals surface area contributed by atoms with Crippen molar-refractivity contribution in [2.45, 2.75) is 84.5 Å². The average molecular weight is 418 g/mol. The number of hydrogen-bond donors (Lipinski definition) is 3. The van der Waals surface area contributed by atoms with Gasteiger partial charge < -0.3 is 30.0 Å². The van der Waals surface area contributed by atoms with Gasteiger partial charge in [0, 0.05) is 19.5 Å². The van der Waals surface area contributed by atoms with E-state index in [1.807, 2.05) is 0 Å². The molecule has 29 heavy (non-hydrogen) atoms. The lowest BCUT2D eigenvalue weighted by Crippen LogP contribution is -2.35. The molecule has 0 aromatic heterocycles. The molecule has 0 bridgehead atoms. The molecule has 0 fully saturated rings. The molecule has 0 aliphatic carbocycles. The molecule has 0 heterocycles. The summed E-state index contributed by atoms with van der Waals surface area (Å²) in [6.07, 6.45) is -1.39. The Kier molecular flexibility index (Phi) is 11.1. The summed E-state index contributed by atoms with van der Waals surface area (Å²) in [5.74, 6) is -2.15. The first-order chi connectivity index (χ1) is 13.2. The number of carboxylic acid groups (broad SMARTS) is 1. The highest BCUT2D eigenvalue weighted by Crippen LogP contribution is 2.10. The van der Waals surface area contributed by atoms with Gasteiger partial charge in [0.1, 0.15) is 23.7 Å². The molecule has 0 aromatic rings. The van der Waals surface area contributed by atoms with Crippen molar-refractivity contribution < 1.29 is 38.5 Å². The van der Waals surface area contributed by atoms with Gasteiger partial charge in [0.2, 0.25) is 0 Å². The Morgan fingerprint density at radius 3 is 1.76 bits per heavy atom. The second kappa shape index (κ2) is 12.1. The molecule has 0 saturated carbocycles. The Hall–Kier alpha value is -2.52. The predicted octanol–water partition coefficient (Wildman–Crippen LogP) is 2.59. The molecular formula is C19H34N2O8. The number of carboxylic acids is 1. The Labute approximate surface area is 171 Å². The van der Waals surface area contributed by atoms with Gasteiger partial charge in [0.05, 0.1) is 0 Å². The van der Waals surface area contributed by atoms with E-state index in [9.17, 15) is 19.2 Å². The standard InChI is InChI=1S/C19H34N2O8/c1-18(2,3)28-16(25)20-10-7-8-13(27-15(24)12-14(22)23)9-11-21-17(26)29-19(4,5)6/h13H,7-12H2,1-6H3,(H,20,25)(H,21,26)(H,22,23). The number of hydrogen-bond acceptors (Lipinski definition) is 7. The zero-order chi connectivity index (χ0) is 22.7. The molecule has 1 unspecified atom stereocenters. The lowest BCUT2D eigenvalue weighted by atomic mass is 10.1. The van der Waals surface area contributed by atoms with Gasteiger partial charge in [0.15, 0.2) is 0 Å². The van der Waals surface area contributed by atoms with Crippen molar-refractivity contribution in [1.82, 2.24) is 10.6 Å². The highest BCUT2D eigenvalue weighted by atomic mass is 16.6. The van der Waals surface area contributed by atoms with Crippen molar-refractivity contribution in [2.24, 2.45) is 0 Å². The summed E-state index contributed by atoms with van der Waals surface area (Å²) < 4.78 is 15.4. The second-order valence-electron chi connectivity index (χ2n) is 8.47. The molecule has 0 aliphatic rings. The second-order valence-corrected chi connectivity index (χ2v) is 8.47. The number of carbonyl (C=O) groups excluding carboxylic acids is 3. The molecule has 0 radical (unpaired) electrons. The summed E-state index contributed by atoms with van der Waals surface area (Å²) in [6, 6.07) is 0. The summed E-state index contributed by atoms with van der Waals surface area (Å²) in [7, 11) is 0. The summed E-state index contributed by atoms with van der Waals surface area (Å²) in [5.41, 5.74) is -1.24. The minimum atomic E-state index is -1.28. The van der Waals surface area contributed by atoms with Crippen molar-refractivity contribution in [3.8, 4) is 0 Å². The quantitative estimate of drug-likeness (QED) is 0.213. The molecular weight excluding hydrogens is 384 g/mol. The lowest BCUT2D eigenvalue weighted by Gasteiger charge is -2.21. The number of aliphatic carboxylic acids is 1. The molecule has 168 valence electrons. The van der Waals surface area contributed by atoms with Gasteiger partial charge in [-0.05, 0) is 54.4 Å². The minimum Gasteiger partial charge on any atom is -0.481 e. The van der Waals surface area contributed by atoms with E-state index in [2.05, 4.69) is 10.6 Å². The molecule has 0 aliphatic heterocycles. The van der Waals surface area contributed by atoms with Gasteiger partial charge in [-0.1, -0.05) is 0 Å². The first-order valence-electron chi connectivity index (χ1n) is 9.53. The number of carbonyl (C=O) groups is 4. The van der Waals surface area contributed by atoms with Crippen molar-refractivity contribution in [1.29, 1.82) is 0 Å². The molecule has 10 nitrogen and oxygen atoms in total. The lowest BCUT2D eigenvalue weighted by molar-refractivity contribution is -0.155. The van der Waals surface area contributed by atoms with Crippen LogP contribution >= 0.6 is 0 Å². The van der Waals surface area contributed by atoms with Gasteiger partial charge in [-0.15, -0.1) is 0 Å². The third-order valence-electron chi connectivity index (χ3n) is 3.10. The van der Waals surface area contributed by atoms with Gasteiger partial charge in [-0.25, -0.2) is 9.59 Å². The third-order valence-corrected chi connectivity index (χ3v) is 3.10. The molecule has 1 atom stereocenters. The summed E-state index contributed by atoms with van der Waals surface area (Å²) in [4.78, 5) is 45.6. The molecule has 0 saturated heterocycles. The summed E-state index contributed by atoms with van der Waals surface area (Å²) >= 11 is 0. The zero-order valence-electron chi connectivity index (χ0n) is 18.1. The fourth-order valence-corrected chi connectivity index (χ4v) is 2.10. The largest absolute Gasteiger partial charge is 0.481 e. The van der Waals surface area contributed by atoms with E-state index in [4.69, 9.17) is 19.3 Å². The molecule has 2 amide bonds. The number of rotatable bonds is 10. The van der Waals surface area contributed by atoms with E-state index >= 15 is 0 Å². The fourth-order valence-electron chi connectivity index (χ4n) is 2.10. The van der Waals surface area contributed by atoms with E-state index in [0.29, 0.717) is 19.4 Å². The molecule has 0 spiro atoms. The van der Waals surface area contributed by atoms with Gasteiger partial charge >= 0.3 is 24.1 Å². The van der Waals surface area contributed by atoms with Crippen LogP contribution in [0, 0.1) is 0 Å². The smallest absolute Gasteiger partial charge is 0.407 e. The van der Waals surface area contributed by atoms with E-state index in [-0.39, 0.29) is 13.0 Å². The Morgan fingerprint density at radius 1 is 0.828 bits per heavy atom. The topological polar surface area (TPSA) is 140 Å². The monoisotopic (exact) mass is 418 g/mol. The minimum absolute atomic E-state index is 0.180. The van der Waals surface area contributed by atoms with Crippen LogP contribution in [0.2, 0.25) is 0 Å². The van der Waals surface area contributed by atoms with Crippen molar-refractivity contribution >= 4 is 24.1 Å². The van der Waals surface area contributed by atoms with Crippen LogP contribution in [0.15, 0.2) is 0 Å². The fraction of sp³-hybridized carbons (Fsp3) is 0.789. The first-order valence-corrected chi connectivity index (χ1v) is 9.53. The van der Waals surface area contributed by atoms with Crippen LogP contribution in [0.3, 0.4) is 0 Å². The van der Waals surface area contributed by atoms with E-state index < -0.39 is 47.9 Å². The van der Waals surface area contributed by atoms with Crippen LogP contribution in [0.4, 0.5) is 9.59 Å². The van der Waals surface area contributed by atoms with E-state index in [1.165, 1.54) is 0 Å². The van der Waals surface area contributed by atoms with Crippen molar-refractivity contribution in [2.75, 3.05) is 13.1 Å². The third kappa shape index (κ3) is 17.3. The molecule has 10 heteroatoms. The van der Waals surface area contributed by atoms with Crippen LogP contribution in [0.25, 0.3) is 0 Å². The Bertz CT molecular complexity index is 564. The maximum Gasteiger partial charge on any atom is 0.407 e. The van der Waals surface area contributed by atoms with Crippen LogP contribution in [0.1, 0.15) is 67.2 Å². The predicted molar refractivity (Wildman–Crippen MR) is 104 cm³/mol. The van der Waals surface area contributed by atoms with E-state index in [0.717, 1.165) is 0 Å². The van der Waals surface area contributed by atoms with Gasteiger partial charge in [-0.3, -0.25) is 9.59 Å². The molecule has 0 rings (SSSR count). The van der Waals surface area contributed by atoms with Gasteiger partial charge in [0.25, 0.3) is 0 Å². The SMILES string of the molecule is CC(C)(C)OC(=O)NCCCC(CCNC(=O)OC(C)(C)C)OC(=O)CC(=O)O. The molecule has 0 aromatic carbocycles. The Morgan fingerprint density at radius 2 is 1.31 bits per heavy atom. The normalized spacial score (nSPS) is 12.5. The van der Waals surface area contributed by atoms with Crippen molar-refractivity contribution in [3.63, 3.8) is 0 Å². The number of alkyl carbamates (subject to hydrolysis) is 2. The van der Waals surface area contributed by atoms with E-state index in [1.54, 1.807) is 41.5 Å². The zero-order valence-corrected chi connectivity index (χ0v) is 18.1. The number of amides is 2. The van der Waals surface area contributed by atoms with Crippen LogP contribution in [0.5, 0.6) is 0 Å². The molecule has 3 N–H and O–H groups in total. The number of nitrogens with one attached hydrogen (secondary N) is 2. The van der Waals surface area contributed by atoms with Crippen LogP contribution < -0.4 is 10.6 Å². The average Bonchev–Trinajstić information content (AvgIpc) is 2.46. The van der Waals surface area contributed by atoms with Crippen LogP contribution in [-0.2, 0) is 23.8 Å². The number of ether oxygens (including phenoxy) is 3. The Balaban J connectivity index is 4.46.